The Hall–Kier alpha value is -2.34. The molecule has 0 radical (unpaired) electrons. The molecule has 1 N–H and O–H groups in total. The van der Waals surface area contributed by atoms with E-state index in [-0.39, 0.29) is 0 Å². The Kier molecular flexibility index (Phi) is 7.31. The highest BCUT2D eigenvalue weighted by Crippen LogP contribution is 2.24. The minimum Gasteiger partial charge on any atom is -0.354 e. The van der Waals surface area contributed by atoms with Crippen LogP contribution in [0, 0.1) is 0 Å². The van der Waals surface area contributed by atoms with E-state index in [1.165, 1.54) is 37.1 Å². The lowest BCUT2D eigenvalue weighted by molar-refractivity contribution is 0.244. The quantitative estimate of drug-likeness (QED) is 0.576. The molecular weight excluding hydrogens is 360 g/mol. The lowest BCUT2D eigenvalue weighted by atomic mass is 10.1. The van der Waals surface area contributed by atoms with Crippen molar-refractivity contribution in [1.29, 1.82) is 0 Å². The van der Waals surface area contributed by atoms with Gasteiger partial charge >= 0.3 is 0 Å². The second kappa shape index (κ2) is 9.92. The smallest absolute Gasteiger partial charge is 0.193 e. The molecule has 1 aromatic carbocycles. The molecule has 1 aliphatic rings. The van der Waals surface area contributed by atoms with E-state index in [0.717, 1.165) is 24.7 Å². The van der Waals surface area contributed by atoms with E-state index in [4.69, 9.17) is 0 Å². The number of benzene rings is 1. The number of aliphatic imine (C=N–C) groups is 1. The van der Waals surface area contributed by atoms with Gasteiger partial charge in [-0.05, 0) is 37.4 Å². The zero-order chi connectivity index (χ0) is 20.8. The maximum absolute atomic E-state index is 4.64. The molecule has 0 aliphatic carbocycles. The highest BCUT2D eigenvalue weighted by molar-refractivity contribution is 5.79. The van der Waals surface area contributed by atoms with E-state index in [0.29, 0.717) is 12.0 Å². The molecule has 0 amide bonds. The van der Waals surface area contributed by atoms with Gasteiger partial charge in [0.05, 0.1) is 11.7 Å². The summed E-state index contributed by atoms with van der Waals surface area (Å²) in [5, 5.41) is 8.27. The fourth-order valence-electron chi connectivity index (χ4n) is 4.25. The number of aryl methyl sites for hydroxylation is 1. The van der Waals surface area contributed by atoms with Gasteiger partial charge in [-0.25, -0.2) is 0 Å². The molecule has 6 heteroatoms. The summed E-state index contributed by atoms with van der Waals surface area (Å²) in [6.07, 6.45) is 4.70. The Bertz CT molecular complexity index is 789. The molecule has 1 aliphatic heterocycles. The molecule has 2 aromatic rings. The van der Waals surface area contributed by atoms with Gasteiger partial charge in [0.1, 0.15) is 0 Å². The molecule has 158 valence electrons. The van der Waals surface area contributed by atoms with E-state index in [2.05, 4.69) is 82.6 Å². The van der Waals surface area contributed by atoms with E-state index in [9.17, 15) is 0 Å². The summed E-state index contributed by atoms with van der Waals surface area (Å²) in [6, 6.07) is 11.2. The molecular formula is C23H36N6. The van der Waals surface area contributed by atoms with Gasteiger partial charge in [0.2, 0.25) is 0 Å². The van der Waals surface area contributed by atoms with Crippen molar-refractivity contribution in [2.75, 3.05) is 33.7 Å². The third kappa shape index (κ3) is 5.38. The third-order valence-electron chi connectivity index (χ3n) is 5.68. The van der Waals surface area contributed by atoms with Gasteiger partial charge in [0.25, 0.3) is 0 Å². The van der Waals surface area contributed by atoms with Gasteiger partial charge < -0.3 is 10.2 Å². The lowest BCUT2D eigenvalue weighted by Gasteiger charge is -2.30. The highest BCUT2D eigenvalue weighted by atomic mass is 15.3. The van der Waals surface area contributed by atoms with Crippen molar-refractivity contribution in [3.8, 4) is 0 Å². The summed E-state index contributed by atoms with van der Waals surface area (Å²) in [4.78, 5) is 9.32. The third-order valence-corrected chi connectivity index (χ3v) is 5.68. The average Bonchev–Trinajstić information content (AvgIpc) is 3.36. The maximum atomic E-state index is 4.64. The van der Waals surface area contributed by atoms with Gasteiger partial charge in [0.15, 0.2) is 5.96 Å². The van der Waals surface area contributed by atoms with Crippen molar-refractivity contribution >= 4 is 5.96 Å². The second-order valence-electron chi connectivity index (χ2n) is 8.32. The molecule has 0 saturated carbocycles. The van der Waals surface area contributed by atoms with Crippen molar-refractivity contribution in [1.82, 2.24) is 24.9 Å². The number of hydrogen-bond acceptors (Lipinski definition) is 3. The lowest BCUT2D eigenvalue weighted by Crippen LogP contribution is -2.43. The first kappa shape index (κ1) is 21.4. The number of nitrogens with one attached hydrogen (secondary N) is 1. The van der Waals surface area contributed by atoms with Crippen LogP contribution in [0.4, 0.5) is 0 Å². The number of likely N-dealkylation sites (tertiary alicyclic amines) is 1. The van der Waals surface area contributed by atoms with Crippen molar-refractivity contribution in [2.24, 2.45) is 12.0 Å². The van der Waals surface area contributed by atoms with Crippen LogP contribution in [-0.2, 0) is 13.6 Å². The molecule has 2 heterocycles. The summed E-state index contributed by atoms with van der Waals surface area (Å²) in [5.74, 6) is 1.33. The zero-order valence-corrected chi connectivity index (χ0v) is 18.6. The van der Waals surface area contributed by atoms with Crippen LogP contribution in [0.1, 0.15) is 55.5 Å². The average molecular weight is 397 g/mol. The first-order valence-corrected chi connectivity index (χ1v) is 10.7. The highest BCUT2D eigenvalue weighted by Gasteiger charge is 2.24. The largest absolute Gasteiger partial charge is 0.354 e. The fraction of sp³-hybridized carbons (Fsp3) is 0.565. The zero-order valence-electron chi connectivity index (χ0n) is 18.6. The summed E-state index contributed by atoms with van der Waals surface area (Å²) in [7, 11) is 5.95. The molecule has 0 spiro atoms. The van der Waals surface area contributed by atoms with E-state index in [1.54, 1.807) is 0 Å². The molecule has 1 saturated heterocycles. The summed E-state index contributed by atoms with van der Waals surface area (Å²) < 4.78 is 1.91. The van der Waals surface area contributed by atoms with Gasteiger partial charge in [-0.1, -0.05) is 44.2 Å². The van der Waals surface area contributed by atoms with Crippen molar-refractivity contribution in [2.45, 2.75) is 45.2 Å². The Morgan fingerprint density at radius 3 is 2.52 bits per heavy atom. The Morgan fingerprint density at radius 1 is 1.21 bits per heavy atom. The van der Waals surface area contributed by atoms with Crippen molar-refractivity contribution in [3.63, 3.8) is 0 Å². The van der Waals surface area contributed by atoms with Gasteiger partial charge in [-0.3, -0.25) is 14.6 Å². The van der Waals surface area contributed by atoms with Gasteiger partial charge in [0, 0.05) is 46.0 Å². The fourth-order valence-corrected chi connectivity index (χ4v) is 4.25. The topological polar surface area (TPSA) is 48.7 Å². The minimum absolute atomic E-state index is 0.369. The Morgan fingerprint density at radius 2 is 1.90 bits per heavy atom. The molecule has 1 fully saturated rings. The molecule has 29 heavy (non-hydrogen) atoms. The summed E-state index contributed by atoms with van der Waals surface area (Å²) in [6.45, 7) is 8.37. The van der Waals surface area contributed by atoms with Crippen LogP contribution in [0.2, 0.25) is 0 Å². The van der Waals surface area contributed by atoms with Crippen molar-refractivity contribution < 1.29 is 0 Å². The number of aromatic nitrogens is 2. The molecule has 6 nitrogen and oxygen atoms in total. The SMILES string of the molecule is CN=C(NCC(c1ccccc1)N1CCCC1)N(C)Cc1cn(C)nc1C(C)C. The Balaban J connectivity index is 1.68. The van der Waals surface area contributed by atoms with Gasteiger partial charge in [-0.15, -0.1) is 0 Å². The number of guanidine groups is 1. The Labute approximate surface area is 175 Å². The van der Waals surface area contributed by atoms with E-state index in [1.807, 2.05) is 18.8 Å². The standard InChI is InChI=1S/C23H36N6/c1-18(2)22-20(17-28(5)26-22)16-27(4)23(24-3)25-15-21(29-13-9-10-14-29)19-11-7-6-8-12-19/h6-8,11-12,17-18,21H,9-10,13-16H2,1-5H3,(H,24,25). The second-order valence-corrected chi connectivity index (χ2v) is 8.32. The first-order valence-electron chi connectivity index (χ1n) is 10.7. The predicted molar refractivity (Wildman–Crippen MR) is 120 cm³/mol. The number of nitrogens with zero attached hydrogens (tertiary/aromatic N) is 5. The van der Waals surface area contributed by atoms with Crippen LogP contribution in [-0.4, -0.2) is 59.3 Å². The van der Waals surface area contributed by atoms with Crippen LogP contribution < -0.4 is 5.32 Å². The van der Waals surface area contributed by atoms with E-state index >= 15 is 0 Å². The van der Waals surface area contributed by atoms with E-state index < -0.39 is 0 Å². The van der Waals surface area contributed by atoms with Crippen LogP contribution in [0.5, 0.6) is 0 Å². The van der Waals surface area contributed by atoms with Gasteiger partial charge in [-0.2, -0.15) is 5.10 Å². The monoisotopic (exact) mass is 396 g/mol. The summed E-state index contributed by atoms with van der Waals surface area (Å²) >= 11 is 0. The predicted octanol–water partition coefficient (Wildman–Crippen LogP) is 3.39. The maximum Gasteiger partial charge on any atom is 0.193 e. The normalized spacial score (nSPS) is 16.4. The first-order chi connectivity index (χ1) is 14.0. The number of hydrogen-bond donors (Lipinski definition) is 1. The number of rotatable bonds is 7. The van der Waals surface area contributed by atoms with Crippen LogP contribution in [0.25, 0.3) is 0 Å². The minimum atomic E-state index is 0.369. The van der Waals surface area contributed by atoms with Crippen molar-refractivity contribution in [3.05, 3.63) is 53.3 Å². The molecule has 0 bridgehead atoms. The molecule has 1 aromatic heterocycles. The molecule has 3 rings (SSSR count). The van der Waals surface area contributed by atoms with Crippen LogP contribution in [0.3, 0.4) is 0 Å². The molecule has 1 atom stereocenters. The van der Waals surface area contributed by atoms with Crippen LogP contribution in [0.15, 0.2) is 41.5 Å². The molecule has 1 unspecified atom stereocenters. The summed E-state index contributed by atoms with van der Waals surface area (Å²) in [5.41, 5.74) is 3.79. The van der Waals surface area contributed by atoms with Crippen LogP contribution >= 0.6 is 0 Å².